The van der Waals surface area contributed by atoms with Crippen molar-refractivity contribution in [3.05, 3.63) is 0 Å². The molecule has 0 unspecified atom stereocenters. The first-order valence-corrected chi connectivity index (χ1v) is 0. The Labute approximate surface area is 70.7 Å². The third kappa shape index (κ3) is 8.88. The van der Waals surface area contributed by atoms with Crippen molar-refractivity contribution in [2.75, 3.05) is 0 Å². The van der Waals surface area contributed by atoms with Crippen LogP contribution in [-0.2, 0) is 71.4 Å². The van der Waals surface area contributed by atoms with E-state index in [2.05, 4.69) is 0 Å². The maximum atomic E-state index is 0. The number of hydrogen-bond donors (Lipinski definition) is 0. The van der Waals surface area contributed by atoms with Crippen molar-refractivity contribution in [3.63, 3.8) is 0 Å². The number of hydrogen-bond acceptors (Lipinski definition) is 0. The fourth-order valence-corrected chi connectivity index (χ4v) is 0. The average molecular weight is 357 g/mol. The van der Waals surface area contributed by atoms with Crippen LogP contribution in [-0.4, -0.2) is 0 Å². The summed E-state index contributed by atoms with van der Waals surface area (Å²) in [4.78, 5) is 0. The van der Waals surface area contributed by atoms with Gasteiger partial charge in [-0.05, 0) is 0 Å². The second-order valence-electron chi connectivity index (χ2n) is 0. The van der Waals surface area contributed by atoms with Gasteiger partial charge in [-0.1, -0.05) is 0 Å². The molecule has 33 valence electrons. The van der Waals surface area contributed by atoms with E-state index >= 15 is 0 Å². The van der Waals surface area contributed by atoms with Crippen LogP contribution in [0.2, 0.25) is 0 Å². The summed E-state index contributed by atoms with van der Waals surface area (Å²) in [5.74, 6) is 0. The molecule has 0 aliphatic rings. The van der Waals surface area contributed by atoms with Crippen LogP contribution in [0.3, 0.4) is 0 Å². The van der Waals surface area contributed by atoms with Gasteiger partial charge in [0.1, 0.15) is 0 Å². The summed E-state index contributed by atoms with van der Waals surface area (Å²) in [7, 11) is 0. The Kier molecular flexibility index (Phi) is 163. The molecule has 0 bridgehead atoms. The SMILES string of the molecule is [Co].[Fe].[Ni].[W]. The molecular formula is CoFeNiW. The fraction of sp³-hybridized carbons (Fsp3) is 0. The Hall–Kier alpha value is 2.21. The summed E-state index contributed by atoms with van der Waals surface area (Å²) < 4.78 is 0. The molecule has 1 radical (unpaired) electrons. The quantitative estimate of drug-likeness (QED) is 0.535. The van der Waals surface area contributed by atoms with Gasteiger partial charge in [0.15, 0.2) is 0 Å². The topological polar surface area (TPSA) is 0 Å². The maximum absolute atomic E-state index is 0. The molecule has 0 saturated heterocycles. The minimum Gasteiger partial charge on any atom is 0 e. The van der Waals surface area contributed by atoms with Gasteiger partial charge in [0.2, 0.25) is 0 Å². The first-order valence-electron chi connectivity index (χ1n) is 0. The molecule has 4 heteroatoms. The van der Waals surface area contributed by atoms with E-state index in [1.54, 1.807) is 0 Å². The van der Waals surface area contributed by atoms with Crippen LogP contribution in [0.1, 0.15) is 0 Å². The fourth-order valence-electron chi connectivity index (χ4n) is 0. The minimum atomic E-state index is 0. The molecule has 0 aromatic heterocycles. The summed E-state index contributed by atoms with van der Waals surface area (Å²) in [6, 6.07) is 0. The second kappa shape index (κ2) is 18.9. The van der Waals surface area contributed by atoms with E-state index < -0.39 is 0 Å². The van der Waals surface area contributed by atoms with Crippen LogP contribution in [0.25, 0.3) is 0 Å². The largest absolute Gasteiger partial charge is 0 e. The zero-order chi connectivity index (χ0) is 0. The third-order valence-electron chi connectivity index (χ3n) is 0. The van der Waals surface area contributed by atoms with Gasteiger partial charge >= 0.3 is 0 Å². The van der Waals surface area contributed by atoms with Gasteiger partial charge < -0.3 is 0 Å². The predicted molar refractivity (Wildman–Crippen MR) is 0 cm³/mol. The average Bonchev–Trinajstić information content (AvgIpc) is 0. The van der Waals surface area contributed by atoms with Crippen LogP contribution < -0.4 is 0 Å². The molecule has 0 amide bonds. The maximum Gasteiger partial charge on any atom is 0 e. The predicted octanol–water partition coefficient (Wildman–Crippen LogP) is -0.0100. The zero-order valence-electron chi connectivity index (χ0n) is 1.41. The Balaban J connectivity index is 0. The second-order valence-corrected chi connectivity index (χ2v) is 0. The zero-order valence-corrected chi connectivity index (χ0v) is 7.48. The molecule has 0 spiro atoms. The van der Waals surface area contributed by atoms with Crippen molar-refractivity contribution in [2.24, 2.45) is 0 Å². The van der Waals surface area contributed by atoms with E-state index in [1.807, 2.05) is 0 Å². The van der Waals surface area contributed by atoms with Crippen molar-refractivity contribution in [1.82, 2.24) is 0 Å². The van der Waals surface area contributed by atoms with Crippen molar-refractivity contribution in [1.29, 1.82) is 0 Å². The van der Waals surface area contributed by atoms with Gasteiger partial charge in [0, 0.05) is 71.4 Å². The van der Waals surface area contributed by atoms with E-state index in [0.717, 1.165) is 0 Å². The van der Waals surface area contributed by atoms with E-state index in [0.29, 0.717) is 0 Å². The third-order valence-corrected chi connectivity index (χ3v) is 0. The van der Waals surface area contributed by atoms with Gasteiger partial charge in [-0.25, -0.2) is 0 Å². The van der Waals surface area contributed by atoms with E-state index in [1.165, 1.54) is 0 Å². The Morgan fingerprint density at radius 1 is 1.00 bits per heavy atom. The standard InChI is InChI=1S/Co.Fe.Ni.W. The Morgan fingerprint density at radius 3 is 1.00 bits per heavy atom. The van der Waals surface area contributed by atoms with E-state index in [9.17, 15) is 0 Å². The molecule has 0 fully saturated rings. The summed E-state index contributed by atoms with van der Waals surface area (Å²) in [5.41, 5.74) is 0. The molecule has 0 aromatic rings. The van der Waals surface area contributed by atoms with Crippen molar-refractivity contribution in [2.45, 2.75) is 0 Å². The molecule has 0 aliphatic heterocycles. The van der Waals surface area contributed by atoms with Crippen LogP contribution in [0.4, 0.5) is 0 Å². The minimum absolute atomic E-state index is 0. The first kappa shape index (κ1) is 34.5. The Morgan fingerprint density at radius 2 is 1.00 bits per heavy atom. The number of rotatable bonds is 0. The van der Waals surface area contributed by atoms with E-state index in [4.69, 9.17) is 0 Å². The van der Waals surface area contributed by atoms with Crippen molar-refractivity contribution >= 4 is 0 Å². The summed E-state index contributed by atoms with van der Waals surface area (Å²) >= 11 is 0. The van der Waals surface area contributed by atoms with Gasteiger partial charge in [-0.3, -0.25) is 0 Å². The molecule has 0 N–H and O–H groups in total. The summed E-state index contributed by atoms with van der Waals surface area (Å²) in [6.45, 7) is 0. The first-order chi connectivity index (χ1) is 0. The normalized spacial score (nSPS) is 0. The van der Waals surface area contributed by atoms with Gasteiger partial charge in [-0.15, -0.1) is 0 Å². The van der Waals surface area contributed by atoms with Crippen LogP contribution in [0.15, 0.2) is 0 Å². The molecule has 0 aliphatic carbocycles. The van der Waals surface area contributed by atoms with Crippen LogP contribution in [0.5, 0.6) is 0 Å². The van der Waals surface area contributed by atoms with Crippen molar-refractivity contribution < 1.29 is 71.4 Å². The van der Waals surface area contributed by atoms with Gasteiger partial charge in [0.25, 0.3) is 0 Å². The molecule has 4 heavy (non-hydrogen) atoms. The summed E-state index contributed by atoms with van der Waals surface area (Å²) in [5, 5.41) is 0. The Bertz CT molecular complexity index is 8.00. The van der Waals surface area contributed by atoms with Crippen molar-refractivity contribution in [3.8, 4) is 0 Å². The van der Waals surface area contributed by atoms with Crippen LogP contribution in [0, 0.1) is 0 Å². The summed E-state index contributed by atoms with van der Waals surface area (Å²) in [6.07, 6.45) is 0. The molecule has 0 rings (SSSR count). The molecule has 0 nitrogen and oxygen atoms in total. The van der Waals surface area contributed by atoms with Gasteiger partial charge in [0.05, 0.1) is 0 Å². The van der Waals surface area contributed by atoms with Crippen LogP contribution >= 0.6 is 0 Å². The van der Waals surface area contributed by atoms with E-state index in [-0.39, 0.29) is 71.4 Å². The molecular weight excluding hydrogens is 357 g/mol. The molecule has 0 saturated carbocycles. The van der Waals surface area contributed by atoms with Gasteiger partial charge in [-0.2, -0.15) is 0 Å². The molecule has 0 aromatic carbocycles. The molecule has 0 atom stereocenters. The molecule has 0 heterocycles. The monoisotopic (exact) mass is 357 g/mol. The smallest absolute Gasteiger partial charge is 0 e.